The highest BCUT2D eigenvalue weighted by Crippen LogP contribution is 2.21. The van der Waals surface area contributed by atoms with Gasteiger partial charge in [-0.25, -0.2) is 9.97 Å². The standard InChI is InChI=1S/C12H13N5/c1-2-7-17-10(4-6-16-17)11-9-3-5-13-12(9)15-8-14-11/h3-6,8H,2,7H2,1H3,(H,13,14,15,16)/p+1. The van der Waals surface area contributed by atoms with Crippen LogP contribution < -0.4 is 4.68 Å². The predicted octanol–water partition coefficient (Wildman–Crippen LogP) is 1.65. The molecule has 0 aliphatic heterocycles. The van der Waals surface area contributed by atoms with Crippen LogP contribution in [0.4, 0.5) is 0 Å². The molecule has 0 spiro atoms. The highest BCUT2D eigenvalue weighted by Gasteiger charge is 2.18. The maximum atomic E-state index is 4.39. The second kappa shape index (κ2) is 4.01. The third kappa shape index (κ3) is 1.60. The minimum atomic E-state index is 0.874. The first-order chi connectivity index (χ1) is 8.40. The molecule has 0 unspecified atom stereocenters. The van der Waals surface area contributed by atoms with Crippen LogP contribution in [0.25, 0.3) is 22.4 Å². The normalized spacial score (nSPS) is 11.1. The average Bonchev–Trinajstić information content (AvgIpc) is 2.96. The largest absolute Gasteiger partial charge is 0.346 e. The minimum Gasteiger partial charge on any atom is -0.346 e. The van der Waals surface area contributed by atoms with Gasteiger partial charge in [0.05, 0.1) is 11.6 Å². The van der Waals surface area contributed by atoms with Crippen LogP contribution in [0.2, 0.25) is 0 Å². The molecule has 0 saturated carbocycles. The van der Waals surface area contributed by atoms with E-state index in [-0.39, 0.29) is 0 Å². The van der Waals surface area contributed by atoms with Crippen molar-refractivity contribution in [2.24, 2.45) is 0 Å². The first-order valence-electron chi connectivity index (χ1n) is 5.76. The van der Waals surface area contributed by atoms with Crippen molar-refractivity contribution in [2.45, 2.75) is 19.9 Å². The Morgan fingerprint density at radius 3 is 3.06 bits per heavy atom. The van der Waals surface area contributed by atoms with E-state index in [2.05, 4.69) is 31.7 Å². The van der Waals surface area contributed by atoms with E-state index in [4.69, 9.17) is 0 Å². The van der Waals surface area contributed by atoms with E-state index in [1.165, 1.54) is 0 Å². The fraction of sp³-hybridized carbons (Fsp3) is 0.250. The molecule has 0 aliphatic rings. The van der Waals surface area contributed by atoms with Gasteiger partial charge in [-0.1, -0.05) is 6.92 Å². The lowest BCUT2D eigenvalue weighted by molar-refractivity contribution is -0.740. The number of nitrogens with zero attached hydrogens (tertiary/aromatic N) is 3. The summed E-state index contributed by atoms with van der Waals surface area (Å²) < 4.78 is 2.11. The highest BCUT2D eigenvalue weighted by atomic mass is 15.3. The van der Waals surface area contributed by atoms with Gasteiger partial charge < -0.3 is 4.98 Å². The Kier molecular flexibility index (Phi) is 2.36. The van der Waals surface area contributed by atoms with Gasteiger partial charge in [-0.2, -0.15) is 5.10 Å². The Bertz CT molecular complexity index is 637. The van der Waals surface area contributed by atoms with Crippen molar-refractivity contribution in [1.82, 2.24) is 20.1 Å². The number of fused-ring (bicyclic) bond motifs is 1. The first kappa shape index (κ1) is 10.0. The van der Waals surface area contributed by atoms with Gasteiger partial charge >= 0.3 is 0 Å². The number of rotatable bonds is 3. The number of hydrogen-bond donors (Lipinski definition) is 2. The topological polar surface area (TPSA) is 61.2 Å². The van der Waals surface area contributed by atoms with Crippen molar-refractivity contribution in [2.75, 3.05) is 0 Å². The molecule has 17 heavy (non-hydrogen) atoms. The van der Waals surface area contributed by atoms with E-state index in [1.807, 2.05) is 24.5 Å². The maximum absolute atomic E-state index is 4.39. The molecule has 0 radical (unpaired) electrons. The van der Waals surface area contributed by atoms with E-state index in [9.17, 15) is 0 Å². The summed E-state index contributed by atoms with van der Waals surface area (Å²) in [5, 5.41) is 4.26. The van der Waals surface area contributed by atoms with Crippen LogP contribution >= 0.6 is 0 Å². The average molecular weight is 228 g/mol. The Morgan fingerprint density at radius 1 is 1.24 bits per heavy atom. The van der Waals surface area contributed by atoms with Crippen LogP contribution in [0.15, 0.2) is 30.9 Å². The van der Waals surface area contributed by atoms with Gasteiger partial charge in [-0.05, 0) is 6.07 Å². The van der Waals surface area contributed by atoms with Crippen LogP contribution in [0.1, 0.15) is 13.3 Å². The molecule has 0 aromatic carbocycles. The van der Waals surface area contributed by atoms with Crippen molar-refractivity contribution in [3.63, 3.8) is 0 Å². The van der Waals surface area contributed by atoms with Crippen molar-refractivity contribution in [3.05, 3.63) is 30.9 Å². The molecule has 0 atom stereocenters. The molecule has 0 fully saturated rings. The summed E-state index contributed by atoms with van der Waals surface area (Å²) in [5.41, 5.74) is 2.93. The number of aromatic nitrogens is 5. The van der Waals surface area contributed by atoms with Gasteiger partial charge in [0, 0.05) is 18.7 Å². The maximum Gasteiger partial charge on any atom is 0.257 e. The lowest BCUT2D eigenvalue weighted by atomic mass is 10.2. The zero-order valence-electron chi connectivity index (χ0n) is 9.64. The Balaban J connectivity index is 2.20. The summed E-state index contributed by atoms with van der Waals surface area (Å²) in [6.07, 6.45) is 6.50. The summed E-state index contributed by atoms with van der Waals surface area (Å²) in [4.78, 5) is 11.7. The van der Waals surface area contributed by atoms with Gasteiger partial charge in [0.25, 0.3) is 5.69 Å². The van der Waals surface area contributed by atoms with Crippen LogP contribution in [-0.4, -0.2) is 20.1 Å². The molecular weight excluding hydrogens is 214 g/mol. The molecule has 0 bridgehead atoms. The van der Waals surface area contributed by atoms with Gasteiger partial charge in [-0.15, -0.1) is 4.68 Å². The van der Waals surface area contributed by atoms with E-state index < -0.39 is 0 Å². The van der Waals surface area contributed by atoms with Crippen molar-refractivity contribution >= 4 is 11.0 Å². The van der Waals surface area contributed by atoms with Crippen LogP contribution in [0, 0.1) is 0 Å². The van der Waals surface area contributed by atoms with Gasteiger partial charge in [0.2, 0.25) is 0 Å². The molecular formula is C12H14N5+. The summed E-state index contributed by atoms with van der Waals surface area (Å²) in [7, 11) is 0. The third-order valence-corrected chi connectivity index (χ3v) is 2.81. The monoisotopic (exact) mass is 228 g/mol. The second-order valence-corrected chi connectivity index (χ2v) is 3.96. The SMILES string of the molecule is CCC[n+]1[nH]ccc1-c1ncnc2[nH]ccc12. The number of nitrogens with one attached hydrogen (secondary N) is 2. The van der Waals surface area contributed by atoms with Crippen LogP contribution in [0.5, 0.6) is 0 Å². The molecule has 0 saturated heterocycles. The van der Waals surface area contributed by atoms with E-state index in [1.54, 1.807) is 6.33 Å². The van der Waals surface area contributed by atoms with E-state index >= 15 is 0 Å². The fourth-order valence-electron chi connectivity index (χ4n) is 2.06. The van der Waals surface area contributed by atoms with Crippen LogP contribution in [0.3, 0.4) is 0 Å². The zero-order valence-corrected chi connectivity index (χ0v) is 9.64. The molecule has 3 rings (SSSR count). The molecule has 3 heterocycles. The molecule has 0 amide bonds. The third-order valence-electron chi connectivity index (χ3n) is 2.81. The summed E-state index contributed by atoms with van der Waals surface area (Å²) in [6, 6.07) is 4.05. The summed E-state index contributed by atoms with van der Waals surface area (Å²) >= 11 is 0. The van der Waals surface area contributed by atoms with E-state index in [0.717, 1.165) is 35.4 Å². The molecule has 2 N–H and O–H groups in total. The summed E-state index contributed by atoms with van der Waals surface area (Å²) in [5.74, 6) is 0. The van der Waals surface area contributed by atoms with Gasteiger partial charge in [0.15, 0.2) is 6.54 Å². The molecule has 5 heteroatoms. The van der Waals surface area contributed by atoms with E-state index in [0.29, 0.717) is 0 Å². The number of aryl methyl sites for hydroxylation is 1. The Hall–Kier alpha value is -2.17. The zero-order chi connectivity index (χ0) is 11.7. The number of H-pyrrole nitrogens is 2. The number of hydrogen-bond acceptors (Lipinski definition) is 2. The molecule has 86 valence electrons. The quantitative estimate of drug-likeness (QED) is 0.669. The highest BCUT2D eigenvalue weighted by molar-refractivity contribution is 5.88. The second-order valence-electron chi connectivity index (χ2n) is 3.96. The molecule has 5 nitrogen and oxygen atoms in total. The fourth-order valence-corrected chi connectivity index (χ4v) is 2.06. The van der Waals surface area contributed by atoms with Crippen LogP contribution in [-0.2, 0) is 6.54 Å². The predicted molar refractivity (Wildman–Crippen MR) is 64.2 cm³/mol. The Labute approximate surface area is 98.5 Å². The Morgan fingerprint density at radius 2 is 2.18 bits per heavy atom. The minimum absolute atomic E-state index is 0.874. The lowest BCUT2D eigenvalue weighted by Crippen LogP contribution is -2.37. The molecule has 0 aliphatic carbocycles. The smallest absolute Gasteiger partial charge is 0.257 e. The summed E-state index contributed by atoms with van der Waals surface area (Å²) in [6.45, 7) is 3.11. The number of aromatic amines is 2. The van der Waals surface area contributed by atoms with Crippen molar-refractivity contribution < 1.29 is 4.68 Å². The first-order valence-corrected chi connectivity index (χ1v) is 5.76. The van der Waals surface area contributed by atoms with Crippen molar-refractivity contribution in [1.29, 1.82) is 0 Å². The molecule has 3 aromatic heterocycles. The lowest BCUT2D eigenvalue weighted by Gasteiger charge is -1.97. The van der Waals surface area contributed by atoms with Gasteiger partial charge in [-0.3, -0.25) is 0 Å². The molecule has 3 aromatic rings. The van der Waals surface area contributed by atoms with Crippen molar-refractivity contribution in [3.8, 4) is 11.4 Å². The van der Waals surface area contributed by atoms with Gasteiger partial charge in [0.1, 0.15) is 17.7 Å².